The molecule has 0 bridgehead atoms. The molecule has 1 saturated carbocycles. The van der Waals surface area contributed by atoms with Crippen molar-refractivity contribution in [2.75, 3.05) is 13.2 Å². The van der Waals surface area contributed by atoms with E-state index in [4.69, 9.17) is 10.5 Å². The molecule has 2 rings (SSSR count). The van der Waals surface area contributed by atoms with Crippen LogP contribution in [0.3, 0.4) is 0 Å². The highest BCUT2D eigenvalue weighted by Gasteiger charge is 2.24. The summed E-state index contributed by atoms with van der Waals surface area (Å²) in [6.07, 6.45) is 6.60. The van der Waals surface area contributed by atoms with Crippen molar-refractivity contribution < 1.29 is 4.74 Å². The average Bonchev–Trinajstić information content (AvgIpc) is 2.72. The summed E-state index contributed by atoms with van der Waals surface area (Å²) in [5.41, 5.74) is 5.96. The average molecular weight is 184 g/mol. The highest BCUT2D eigenvalue weighted by Crippen LogP contribution is 2.18. The van der Waals surface area contributed by atoms with Crippen LogP contribution in [-0.4, -0.2) is 31.3 Å². The number of hydrogen-bond acceptors (Lipinski definition) is 3. The molecular weight excluding hydrogens is 164 g/mol. The van der Waals surface area contributed by atoms with Crippen molar-refractivity contribution >= 4 is 0 Å². The van der Waals surface area contributed by atoms with E-state index in [1.807, 2.05) is 0 Å². The van der Waals surface area contributed by atoms with Gasteiger partial charge in [0.25, 0.3) is 0 Å². The van der Waals surface area contributed by atoms with Gasteiger partial charge in [0.05, 0.1) is 6.10 Å². The summed E-state index contributed by atoms with van der Waals surface area (Å²) in [7, 11) is 0. The van der Waals surface area contributed by atoms with Gasteiger partial charge < -0.3 is 15.8 Å². The minimum Gasteiger partial charge on any atom is -0.377 e. The van der Waals surface area contributed by atoms with Crippen LogP contribution in [0.1, 0.15) is 32.1 Å². The quantitative estimate of drug-likeness (QED) is 0.676. The smallest absolute Gasteiger partial charge is 0.0700 e. The summed E-state index contributed by atoms with van der Waals surface area (Å²) in [4.78, 5) is 0. The molecule has 13 heavy (non-hydrogen) atoms. The van der Waals surface area contributed by atoms with E-state index in [-0.39, 0.29) is 0 Å². The maximum atomic E-state index is 5.96. The van der Waals surface area contributed by atoms with Gasteiger partial charge in [-0.2, -0.15) is 0 Å². The largest absolute Gasteiger partial charge is 0.377 e. The van der Waals surface area contributed by atoms with Gasteiger partial charge in [-0.05, 0) is 25.7 Å². The van der Waals surface area contributed by atoms with E-state index in [9.17, 15) is 0 Å². The lowest BCUT2D eigenvalue weighted by Gasteiger charge is -2.19. The number of nitrogens with one attached hydrogen (secondary N) is 1. The molecule has 3 heteroatoms. The summed E-state index contributed by atoms with van der Waals surface area (Å²) in [5, 5.41) is 3.52. The van der Waals surface area contributed by atoms with E-state index in [0.29, 0.717) is 18.2 Å². The number of rotatable bonds is 3. The van der Waals surface area contributed by atoms with Crippen molar-refractivity contribution in [1.29, 1.82) is 0 Å². The zero-order valence-electron chi connectivity index (χ0n) is 8.17. The topological polar surface area (TPSA) is 47.3 Å². The Balaban J connectivity index is 1.66. The van der Waals surface area contributed by atoms with Crippen LogP contribution in [0.4, 0.5) is 0 Å². The van der Waals surface area contributed by atoms with E-state index < -0.39 is 0 Å². The van der Waals surface area contributed by atoms with E-state index in [0.717, 1.165) is 13.2 Å². The highest BCUT2D eigenvalue weighted by atomic mass is 16.5. The first-order valence-corrected chi connectivity index (χ1v) is 5.47. The van der Waals surface area contributed by atoms with Crippen LogP contribution in [0, 0.1) is 0 Å². The molecule has 0 amide bonds. The lowest BCUT2D eigenvalue weighted by molar-refractivity contribution is 0.107. The van der Waals surface area contributed by atoms with Gasteiger partial charge in [0, 0.05) is 25.2 Å². The molecule has 0 aromatic rings. The summed E-state index contributed by atoms with van der Waals surface area (Å²) in [6, 6.07) is 0.922. The third-order valence-corrected chi connectivity index (χ3v) is 3.20. The summed E-state index contributed by atoms with van der Waals surface area (Å²) in [6.45, 7) is 1.95. The first-order chi connectivity index (χ1) is 6.36. The van der Waals surface area contributed by atoms with E-state index in [1.165, 1.54) is 32.1 Å². The van der Waals surface area contributed by atoms with Gasteiger partial charge in [-0.3, -0.25) is 0 Å². The highest BCUT2D eigenvalue weighted by molar-refractivity contribution is 4.86. The number of nitrogens with two attached hydrogens (primary N) is 1. The zero-order chi connectivity index (χ0) is 9.10. The van der Waals surface area contributed by atoms with Crippen LogP contribution >= 0.6 is 0 Å². The monoisotopic (exact) mass is 184 g/mol. The fraction of sp³-hybridized carbons (Fsp3) is 1.00. The van der Waals surface area contributed by atoms with Crippen molar-refractivity contribution in [1.82, 2.24) is 5.32 Å². The number of ether oxygens (including phenoxy) is 1. The second-order valence-electron chi connectivity index (χ2n) is 4.24. The molecule has 0 spiro atoms. The van der Waals surface area contributed by atoms with Gasteiger partial charge in [0.15, 0.2) is 0 Å². The maximum Gasteiger partial charge on any atom is 0.0700 e. The normalized spacial score (nSPS) is 39.9. The van der Waals surface area contributed by atoms with E-state index in [1.54, 1.807) is 0 Å². The molecule has 3 N–H and O–H groups in total. The predicted octanol–water partition coefficient (Wildman–Crippen LogP) is 0.635. The Morgan fingerprint density at radius 2 is 2.15 bits per heavy atom. The predicted molar refractivity (Wildman–Crippen MR) is 52.6 cm³/mol. The van der Waals surface area contributed by atoms with Gasteiger partial charge >= 0.3 is 0 Å². The molecule has 3 atom stereocenters. The molecule has 3 nitrogen and oxygen atoms in total. The van der Waals surface area contributed by atoms with Crippen LogP contribution < -0.4 is 11.1 Å². The van der Waals surface area contributed by atoms with E-state index in [2.05, 4.69) is 5.32 Å². The summed E-state index contributed by atoms with van der Waals surface area (Å²) >= 11 is 0. The Labute approximate surface area is 80.0 Å². The molecule has 2 fully saturated rings. The van der Waals surface area contributed by atoms with Gasteiger partial charge in [-0.1, -0.05) is 6.42 Å². The molecule has 1 aliphatic carbocycles. The van der Waals surface area contributed by atoms with Crippen molar-refractivity contribution in [2.45, 2.75) is 50.3 Å². The third-order valence-electron chi connectivity index (χ3n) is 3.20. The molecule has 0 aromatic carbocycles. The molecule has 76 valence electrons. The van der Waals surface area contributed by atoms with Gasteiger partial charge in [-0.25, -0.2) is 0 Å². The van der Waals surface area contributed by atoms with Crippen LogP contribution in [-0.2, 0) is 4.74 Å². The Morgan fingerprint density at radius 3 is 2.77 bits per heavy atom. The minimum atomic E-state index is 0.376. The Bertz CT molecular complexity index is 157. The molecule has 1 saturated heterocycles. The Morgan fingerprint density at radius 1 is 1.23 bits per heavy atom. The van der Waals surface area contributed by atoms with E-state index >= 15 is 0 Å². The Kier molecular flexibility index (Phi) is 3.19. The van der Waals surface area contributed by atoms with Crippen molar-refractivity contribution in [3.05, 3.63) is 0 Å². The lowest BCUT2D eigenvalue weighted by atomic mass is 10.1. The van der Waals surface area contributed by atoms with Gasteiger partial charge in [-0.15, -0.1) is 0 Å². The SMILES string of the molecule is N[C@H]1CCC[C@@H]1NC[C@@H]1CCCO1. The minimum absolute atomic E-state index is 0.376. The third kappa shape index (κ3) is 2.42. The van der Waals surface area contributed by atoms with Gasteiger partial charge in [0.1, 0.15) is 0 Å². The molecule has 1 heterocycles. The molecular formula is C10H20N2O. The molecule has 2 aliphatic rings. The zero-order valence-corrected chi connectivity index (χ0v) is 8.17. The molecule has 1 aliphatic heterocycles. The molecule has 0 aromatic heterocycles. The first-order valence-electron chi connectivity index (χ1n) is 5.47. The molecule has 0 radical (unpaired) electrons. The van der Waals surface area contributed by atoms with Crippen LogP contribution in [0.2, 0.25) is 0 Å². The van der Waals surface area contributed by atoms with Crippen molar-refractivity contribution in [2.24, 2.45) is 5.73 Å². The second kappa shape index (κ2) is 4.40. The maximum absolute atomic E-state index is 5.96. The van der Waals surface area contributed by atoms with Crippen LogP contribution in [0.5, 0.6) is 0 Å². The fourth-order valence-corrected chi connectivity index (χ4v) is 2.33. The standard InChI is InChI=1S/C10H20N2O/c11-9-4-1-5-10(9)12-7-8-3-2-6-13-8/h8-10,12H,1-7,11H2/t8-,9-,10-/m0/s1. The first kappa shape index (κ1) is 9.44. The number of hydrogen-bond donors (Lipinski definition) is 2. The summed E-state index contributed by atoms with van der Waals surface area (Å²) < 4.78 is 5.54. The van der Waals surface area contributed by atoms with Crippen LogP contribution in [0.25, 0.3) is 0 Å². The fourth-order valence-electron chi connectivity index (χ4n) is 2.33. The lowest BCUT2D eigenvalue weighted by Crippen LogP contribution is -2.43. The molecule has 0 unspecified atom stereocenters. The van der Waals surface area contributed by atoms with Crippen LogP contribution in [0.15, 0.2) is 0 Å². The van der Waals surface area contributed by atoms with Gasteiger partial charge in [0.2, 0.25) is 0 Å². The van der Waals surface area contributed by atoms with Crippen molar-refractivity contribution in [3.63, 3.8) is 0 Å². The second-order valence-corrected chi connectivity index (χ2v) is 4.24. The summed E-state index contributed by atoms with van der Waals surface area (Å²) in [5.74, 6) is 0. The van der Waals surface area contributed by atoms with Crippen molar-refractivity contribution in [3.8, 4) is 0 Å². The Hall–Kier alpha value is -0.120.